The van der Waals surface area contributed by atoms with Crippen molar-refractivity contribution >= 4 is 11.6 Å². The fraction of sp³-hybridized carbons (Fsp3) is 0.500. The first-order valence-corrected chi connectivity index (χ1v) is 5.93. The van der Waals surface area contributed by atoms with Crippen LogP contribution in [0.15, 0.2) is 24.3 Å². The largest absolute Gasteiger partial charge is 0.493 e. The Morgan fingerprint density at radius 3 is 2.88 bits per heavy atom. The van der Waals surface area contributed by atoms with Crippen LogP contribution in [-0.2, 0) is 4.74 Å². The molecular weight excluding hydrogens is 226 g/mol. The van der Waals surface area contributed by atoms with Gasteiger partial charge in [-0.1, -0.05) is 11.6 Å². The summed E-state index contributed by atoms with van der Waals surface area (Å²) in [5.74, 6) is 0.855. The molecule has 3 nitrogen and oxygen atoms in total. The van der Waals surface area contributed by atoms with E-state index < -0.39 is 0 Å². The first-order valence-electron chi connectivity index (χ1n) is 5.55. The van der Waals surface area contributed by atoms with Gasteiger partial charge in [0.15, 0.2) is 0 Å². The summed E-state index contributed by atoms with van der Waals surface area (Å²) in [5, 5.41) is 4.02. The highest BCUT2D eigenvalue weighted by Gasteiger charge is 2.12. The van der Waals surface area contributed by atoms with Crippen molar-refractivity contribution in [2.45, 2.75) is 12.5 Å². The van der Waals surface area contributed by atoms with E-state index in [1.54, 1.807) is 0 Å². The maximum Gasteiger partial charge on any atom is 0.119 e. The Kier molecular flexibility index (Phi) is 4.45. The molecule has 0 aromatic heterocycles. The van der Waals surface area contributed by atoms with Crippen LogP contribution in [0, 0.1) is 0 Å². The predicted octanol–water partition coefficient (Wildman–Crippen LogP) is 2.10. The van der Waals surface area contributed by atoms with E-state index in [0.29, 0.717) is 6.61 Å². The van der Waals surface area contributed by atoms with Gasteiger partial charge in [-0.2, -0.15) is 0 Å². The Hall–Kier alpha value is -0.770. The van der Waals surface area contributed by atoms with Gasteiger partial charge in [-0.15, -0.1) is 0 Å². The molecule has 0 bridgehead atoms. The zero-order valence-electron chi connectivity index (χ0n) is 9.12. The van der Waals surface area contributed by atoms with Crippen LogP contribution < -0.4 is 10.1 Å². The number of halogens is 1. The number of benzene rings is 1. The zero-order chi connectivity index (χ0) is 11.2. The average molecular weight is 242 g/mol. The van der Waals surface area contributed by atoms with Gasteiger partial charge >= 0.3 is 0 Å². The predicted molar refractivity (Wildman–Crippen MR) is 64.2 cm³/mol. The first-order chi connectivity index (χ1) is 7.84. The molecule has 1 aromatic carbocycles. The second kappa shape index (κ2) is 6.09. The summed E-state index contributed by atoms with van der Waals surface area (Å²) in [7, 11) is 0. The molecule has 88 valence electrons. The summed E-state index contributed by atoms with van der Waals surface area (Å²) in [6.45, 7) is 3.35. The molecule has 1 saturated heterocycles. The van der Waals surface area contributed by atoms with E-state index in [9.17, 15) is 0 Å². The number of hydrogen-bond donors (Lipinski definition) is 1. The van der Waals surface area contributed by atoms with Crippen LogP contribution in [0.5, 0.6) is 5.75 Å². The lowest BCUT2D eigenvalue weighted by molar-refractivity contribution is 0.0159. The summed E-state index contributed by atoms with van der Waals surface area (Å²) >= 11 is 5.78. The minimum absolute atomic E-state index is 0.279. The van der Waals surface area contributed by atoms with E-state index in [4.69, 9.17) is 21.1 Å². The lowest BCUT2D eigenvalue weighted by atomic mass is 10.2. The van der Waals surface area contributed by atoms with Gasteiger partial charge in [-0.05, 0) is 24.3 Å². The fourth-order valence-corrected chi connectivity index (χ4v) is 1.77. The van der Waals surface area contributed by atoms with Crippen molar-refractivity contribution in [2.24, 2.45) is 0 Å². The van der Waals surface area contributed by atoms with Gasteiger partial charge in [-0.3, -0.25) is 0 Å². The van der Waals surface area contributed by atoms with Gasteiger partial charge in [0, 0.05) is 24.5 Å². The first kappa shape index (κ1) is 11.7. The van der Waals surface area contributed by atoms with Gasteiger partial charge in [0.05, 0.1) is 19.3 Å². The summed E-state index contributed by atoms with van der Waals surface area (Å²) < 4.78 is 11.2. The summed E-state index contributed by atoms with van der Waals surface area (Å²) in [5.41, 5.74) is 0. The van der Waals surface area contributed by atoms with Gasteiger partial charge in [0.2, 0.25) is 0 Å². The molecule has 0 aliphatic carbocycles. The second-order valence-electron chi connectivity index (χ2n) is 3.79. The molecule has 16 heavy (non-hydrogen) atoms. The van der Waals surface area contributed by atoms with E-state index >= 15 is 0 Å². The Balaban J connectivity index is 1.69. The van der Waals surface area contributed by atoms with E-state index in [-0.39, 0.29) is 6.10 Å². The van der Waals surface area contributed by atoms with Crippen LogP contribution in [0.25, 0.3) is 0 Å². The number of rotatable bonds is 4. The highest BCUT2D eigenvalue weighted by atomic mass is 35.5. The van der Waals surface area contributed by atoms with Crippen LogP contribution in [0.1, 0.15) is 6.42 Å². The zero-order valence-corrected chi connectivity index (χ0v) is 9.87. The molecule has 2 rings (SSSR count). The molecule has 1 atom stereocenters. The molecule has 0 amide bonds. The van der Waals surface area contributed by atoms with Crippen LogP contribution in [0.3, 0.4) is 0 Å². The smallest absolute Gasteiger partial charge is 0.119 e. The number of nitrogens with one attached hydrogen (secondary N) is 1. The minimum Gasteiger partial charge on any atom is -0.493 e. The molecule has 1 heterocycles. The topological polar surface area (TPSA) is 30.5 Å². The van der Waals surface area contributed by atoms with E-state index in [0.717, 1.165) is 36.9 Å². The molecule has 4 heteroatoms. The Morgan fingerprint density at radius 2 is 2.19 bits per heavy atom. The number of ether oxygens (including phenoxy) is 2. The summed E-state index contributed by atoms with van der Waals surface area (Å²) in [4.78, 5) is 0. The molecule has 1 unspecified atom stereocenters. The van der Waals surface area contributed by atoms with Gasteiger partial charge in [-0.25, -0.2) is 0 Å². The molecule has 0 saturated carbocycles. The lowest BCUT2D eigenvalue weighted by Crippen LogP contribution is -2.39. The van der Waals surface area contributed by atoms with Crippen LogP contribution in [0.4, 0.5) is 0 Å². The van der Waals surface area contributed by atoms with E-state index in [2.05, 4.69) is 5.32 Å². The standard InChI is InChI=1S/C12H16ClNO2/c13-10-1-3-11(4-2-10)15-7-5-12-9-14-6-8-16-12/h1-4,12,14H,5-9H2. The molecule has 1 N–H and O–H groups in total. The Labute approximate surface area is 101 Å². The highest BCUT2D eigenvalue weighted by Crippen LogP contribution is 2.16. The van der Waals surface area contributed by atoms with Crippen molar-refractivity contribution in [2.75, 3.05) is 26.3 Å². The minimum atomic E-state index is 0.279. The Morgan fingerprint density at radius 1 is 1.38 bits per heavy atom. The third-order valence-electron chi connectivity index (χ3n) is 2.53. The highest BCUT2D eigenvalue weighted by molar-refractivity contribution is 6.30. The van der Waals surface area contributed by atoms with Gasteiger partial charge in [0.1, 0.15) is 5.75 Å². The van der Waals surface area contributed by atoms with E-state index in [1.807, 2.05) is 24.3 Å². The van der Waals surface area contributed by atoms with Crippen molar-refractivity contribution in [1.29, 1.82) is 0 Å². The summed E-state index contributed by atoms with van der Waals surface area (Å²) in [6.07, 6.45) is 1.19. The van der Waals surface area contributed by atoms with Gasteiger partial charge in [0.25, 0.3) is 0 Å². The van der Waals surface area contributed by atoms with Crippen molar-refractivity contribution < 1.29 is 9.47 Å². The molecule has 0 radical (unpaired) electrons. The lowest BCUT2D eigenvalue weighted by Gasteiger charge is -2.23. The molecule has 1 aliphatic rings. The van der Waals surface area contributed by atoms with Crippen molar-refractivity contribution in [3.63, 3.8) is 0 Å². The fourth-order valence-electron chi connectivity index (χ4n) is 1.64. The SMILES string of the molecule is Clc1ccc(OCCC2CNCCO2)cc1. The van der Waals surface area contributed by atoms with Gasteiger partial charge < -0.3 is 14.8 Å². The third-order valence-corrected chi connectivity index (χ3v) is 2.78. The van der Waals surface area contributed by atoms with Crippen molar-refractivity contribution in [1.82, 2.24) is 5.32 Å². The van der Waals surface area contributed by atoms with Crippen LogP contribution in [-0.4, -0.2) is 32.4 Å². The second-order valence-corrected chi connectivity index (χ2v) is 4.22. The maximum absolute atomic E-state index is 5.78. The quantitative estimate of drug-likeness (QED) is 0.876. The molecule has 1 aromatic rings. The average Bonchev–Trinajstić information content (AvgIpc) is 2.33. The number of hydrogen-bond acceptors (Lipinski definition) is 3. The monoisotopic (exact) mass is 241 g/mol. The van der Waals surface area contributed by atoms with Crippen molar-refractivity contribution in [3.05, 3.63) is 29.3 Å². The van der Waals surface area contributed by atoms with Crippen LogP contribution >= 0.6 is 11.6 Å². The Bertz CT molecular complexity index is 309. The number of morpholine rings is 1. The van der Waals surface area contributed by atoms with E-state index in [1.165, 1.54) is 0 Å². The van der Waals surface area contributed by atoms with Crippen molar-refractivity contribution in [3.8, 4) is 5.75 Å². The summed E-state index contributed by atoms with van der Waals surface area (Å²) in [6, 6.07) is 7.41. The molecule has 1 aliphatic heterocycles. The van der Waals surface area contributed by atoms with Crippen LogP contribution in [0.2, 0.25) is 5.02 Å². The molecule has 1 fully saturated rings. The maximum atomic E-state index is 5.78. The molecular formula is C12H16ClNO2. The normalized spacial score (nSPS) is 20.7. The third kappa shape index (κ3) is 3.67. The molecule has 0 spiro atoms.